The largest absolute Gasteiger partial charge is 0.478 e. The highest BCUT2D eigenvalue weighted by molar-refractivity contribution is 5.93. The van der Waals surface area contributed by atoms with Gasteiger partial charge in [0.05, 0.1) is 5.56 Å². The molecule has 1 heterocycles. The molecule has 1 aromatic carbocycles. The zero-order valence-electron chi connectivity index (χ0n) is 11.4. The van der Waals surface area contributed by atoms with Gasteiger partial charge < -0.3 is 9.67 Å². The number of hydrogen-bond donors (Lipinski definition) is 1. The smallest absolute Gasteiger partial charge is 0.335 e. The number of nitrogens with zero attached hydrogens (tertiary/aromatic N) is 1. The molecule has 0 spiro atoms. The van der Waals surface area contributed by atoms with Crippen molar-refractivity contribution in [3.05, 3.63) is 36.0 Å². The minimum atomic E-state index is -0.866. The maximum atomic E-state index is 10.9. The van der Waals surface area contributed by atoms with Crippen LogP contribution in [0.4, 0.5) is 0 Å². The summed E-state index contributed by atoms with van der Waals surface area (Å²) < 4.78 is 2.22. The molecule has 3 nitrogen and oxygen atoms in total. The molecule has 0 amide bonds. The normalized spacial score (nSPS) is 11.0. The van der Waals surface area contributed by atoms with Crippen molar-refractivity contribution in [2.45, 2.75) is 45.6 Å². The number of rotatable bonds is 7. The Morgan fingerprint density at radius 2 is 1.95 bits per heavy atom. The number of carboxylic acid groups (broad SMARTS) is 1. The number of aromatic nitrogens is 1. The zero-order chi connectivity index (χ0) is 13.7. The Kier molecular flexibility index (Phi) is 4.61. The number of carboxylic acids is 1. The molecule has 3 heteroatoms. The van der Waals surface area contributed by atoms with E-state index >= 15 is 0 Å². The first-order valence-electron chi connectivity index (χ1n) is 7.04. The Labute approximate surface area is 113 Å². The highest BCUT2D eigenvalue weighted by Crippen LogP contribution is 2.18. The van der Waals surface area contributed by atoms with E-state index in [1.165, 1.54) is 32.1 Å². The van der Waals surface area contributed by atoms with Gasteiger partial charge in [0, 0.05) is 23.6 Å². The third-order valence-corrected chi connectivity index (χ3v) is 3.52. The average Bonchev–Trinajstić information content (AvgIpc) is 2.81. The maximum Gasteiger partial charge on any atom is 0.335 e. The number of unbranched alkanes of at least 4 members (excludes halogenated alkanes) is 4. The minimum absolute atomic E-state index is 0.355. The molecular formula is C16H21NO2. The van der Waals surface area contributed by atoms with E-state index in [4.69, 9.17) is 5.11 Å². The van der Waals surface area contributed by atoms with E-state index in [1.54, 1.807) is 12.1 Å². The van der Waals surface area contributed by atoms with Crippen molar-refractivity contribution in [3.63, 3.8) is 0 Å². The molecule has 0 aliphatic rings. The van der Waals surface area contributed by atoms with Crippen molar-refractivity contribution < 1.29 is 9.90 Å². The number of hydrogen-bond acceptors (Lipinski definition) is 1. The average molecular weight is 259 g/mol. The fourth-order valence-corrected chi connectivity index (χ4v) is 2.41. The van der Waals surface area contributed by atoms with Crippen molar-refractivity contribution in [3.8, 4) is 0 Å². The van der Waals surface area contributed by atoms with Crippen molar-refractivity contribution in [1.82, 2.24) is 4.57 Å². The third kappa shape index (κ3) is 3.37. The lowest BCUT2D eigenvalue weighted by molar-refractivity contribution is 0.0697. The summed E-state index contributed by atoms with van der Waals surface area (Å²) >= 11 is 0. The second-order valence-electron chi connectivity index (χ2n) is 5.00. The highest BCUT2D eigenvalue weighted by atomic mass is 16.4. The number of aryl methyl sites for hydroxylation is 1. The van der Waals surface area contributed by atoms with Crippen LogP contribution in [-0.4, -0.2) is 15.6 Å². The Morgan fingerprint density at radius 1 is 1.16 bits per heavy atom. The molecule has 0 fully saturated rings. The Bertz CT molecular complexity index is 557. The molecule has 0 unspecified atom stereocenters. The summed E-state index contributed by atoms with van der Waals surface area (Å²) in [5.74, 6) is -0.866. The Morgan fingerprint density at radius 3 is 2.68 bits per heavy atom. The fraction of sp³-hybridized carbons (Fsp3) is 0.438. The minimum Gasteiger partial charge on any atom is -0.478 e. The van der Waals surface area contributed by atoms with Crippen LogP contribution in [0.1, 0.15) is 49.4 Å². The summed E-state index contributed by atoms with van der Waals surface area (Å²) in [6, 6.07) is 7.32. The first-order chi connectivity index (χ1) is 9.22. The highest BCUT2D eigenvalue weighted by Gasteiger charge is 2.06. The van der Waals surface area contributed by atoms with Crippen LogP contribution in [0.5, 0.6) is 0 Å². The van der Waals surface area contributed by atoms with Gasteiger partial charge in [0.25, 0.3) is 0 Å². The van der Waals surface area contributed by atoms with E-state index in [1.807, 2.05) is 12.1 Å². The van der Waals surface area contributed by atoms with Gasteiger partial charge in [-0.15, -0.1) is 0 Å². The summed E-state index contributed by atoms with van der Waals surface area (Å²) in [5.41, 5.74) is 1.48. The summed E-state index contributed by atoms with van der Waals surface area (Å²) in [6.07, 6.45) is 8.39. The lowest BCUT2D eigenvalue weighted by atomic mass is 10.1. The Balaban J connectivity index is 2.02. The lowest BCUT2D eigenvalue weighted by Crippen LogP contribution is -1.98. The second-order valence-corrected chi connectivity index (χ2v) is 5.00. The third-order valence-electron chi connectivity index (χ3n) is 3.52. The first-order valence-corrected chi connectivity index (χ1v) is 7.04. The molecule has 19 heavy (non-hydrogen) atoms. The van der Waals surface area contributed by atoms with Crippen LogP contribution in [0.15, 0.2) is 30.5 Å². The van der Waals surface area contributed by atoms with Crippen molar-refractivity contribution in [1.29, 1.82) is 0 Å². The molecule has 0 atom stereocenters. The van der Waals surface area contributed by atoms with Gasteiger partial charge in [-0.1, -0.05) is 32.6 Å². The van der Waals surface area contributed by atoms with Crippen LogP contribution in [0.3, 0.4) is 0 Å². The zero-order valence-corrected chi connectivity index (χ0v) is 11.4. The van der Waals surface area contributed by atoms with E-state index in [0.29, 0.717) is 5.56 Å². The van der Waals surface area contributed by atoms with Crippen molar-refractivity contribution >= 4 is 16.9 Å². The first kappa shape index (κ1) is 13.7. The maximum absolute atomic E-state index is 10.9. The summed E-state index contributed by atoms with van der Waals surface area (Å²) in [5, 5.41) is 9.98. The predicted octanol–water partition coefficient (Wildman–Crippen LogP) is 4.31. The van der Waals surface area contributed by atoms with Gasteiger partial charge in [-0.3, -0.25) is 0 Å². The predicted molar refractivity (Wildman–Crippen MR) is 77.7 cm³/mol. The van der Waals surface area contributed by atoms with Gasteiger partial charge >= 0.3 is 5.97 Å². The van der Waals surface area contributed by atoms with Crippen molar-refractivity contribution in [2.24, 2.45) is 0 Å². The lowest BCUT2D eigenvalue weighted by Gasteiger charge is -2.05. The molecule has 0 saturated carbocycles. The Hall–Kier alpha value is -1.77. The van der Waals surface area contributed by atoms with Gasteiger partial charge in [-0.05, 0) is 30.7 Å². The van der Waals surface area contributed by atoms with Gasteiger partial charge in [0.15, 0.2) is 0 Å². The van der Waals surface area contributed by atoms with Crippen LogP contribution in [-0.2, 0) is 6.54 Å². The summed E-state index contributed by atoms with van der Waals surface area (Å²) in [4.78, 5) is 10.9. The SMILES string of the molecule is CCCCCCCn1ccc2cc(C(=O)O)ccc21. The van der Waals surface area contributed by atoms with Crippen LogP contribution in [0.25, 0.3) is 10.9 Å². The number of benzene rings is 1. The van der Waals surface area contributed by atoms with E-state index in [-0.39, 0.29) is 0 Å². The van der Waals surface area contributed by atoms with Crippen molar-refractivity contribution in [2.75, 3.05) is 0 Å². The molecule has 0 saturated heterocycles. The number of fused-ring (bicyclic) bond motifs is 1. The second kappa shape index (κ2) is 6.41. The van der Waals surface area contributed by atoms with E-state index in [2.05, 4.69) is 17.7 Å². The van der Waals surface area contributed by atoms with Gasteiger partial charge in [0.1, 0.15) is 0 Å². The molecule has 1 aromatic heterocycles. The number of carbonyl (C=O) groups is 1. The molecule has 0 aliphatic carbocycles. The van der Waals surface area contributed by atoms with E-state index < -0.39 is 5.97 Å². The number of aromatic carboxylic acids is 1. The van der Waals surface area contributed by atoms with E-state index in [9.17, 15) is 4.79 Å². The van der Waals surface area contributed by atoms with E-state index in [0.717, 1.165) is 17.4 Å². The molecule has 1 N–H and O–H groups in total. The quantitative estimate of drug-likeness (QED) is 0.753. The van der Waals surface area contributed by atoms with Gasteiger partial charge in [-0.25, -0.2) is 4.79 Å². The molecule has 0 radical (unpaired) electrons. The van der Waals surface area contributed by atoms with Crippen LogP contribution in [0, 0.1) is 0 Å². The molecule has 2 aromatic rings. The summed E-state index contributed by atoms with van der Waals surface area (Å²) in [6.45, 7) is 3.24. The van der Waals surface area contributed by atoms with Gasteiger partial charge in [0.2, 0.25) is 0 Å². The van der Waals surface area contributed by atoms with Gasteiger partial charge in [-0.2, -0.15) is 0 Å². The molecule has 2 rings (SSSR count). The monoisotopic (exact) mass is 259 g/mol. The fourth-order valence-electron chi connectivity index (χ4n) is 2.41. The van der Waals surface area contributed by atoms with Crippen LogP contribution < -0.4 is 0 Å². The molecule has 0 bridgehead atoms. The topological polar surface area (TPSA) is 42.2 Å². The molecule has 0 aliphatic heterocycles. The van der Waals surface area contributed by atoms with Crippen LogP contribution >= 0.6 is 0 Å². The summed E-state index contributed by atoms with van der Waals surface area (Å²) in [7, 11) is 0. The molecule has 102 valence electrons. The standard InChI is InChI=1S/C16H21NO2/c1-2-3-4-5-6-10-17-11-9-13-12-14(16(18)19)7-8-15(13)17/h7-9,11-12H,2-6,10H2,1H3,(H,18,19). The van der Waals surface area contributed by atoms with Crippen LogP contribution in [0.2, 0.25) is 0 Å². The molecular weight excluding hydrogens is 238 g/mol.